The average molecular weight is 343 g/mol. The van der Waals surface area contributed by atoms with Gasteiger partial charge in [-0.15, -0.1) is 0 Å². The highest BCUT2D eigenvalue weighted by atomic mass is 32.2. The number of β-amino-alcohol motifs (C(OH)–C–C–N with tert-alkyl or cyclic N) is 1. The highest BCUT2D eigenvalue weighted by Gasteiger charge is 2.25. The van der Waals surface area contributed by atoms with Crippen LogP contribution >= 0.6 is 0 Å². The van der Waals surface area contributed by atoms with Crippen LogP contribution in [0.5, 0.6) is 0 Å². The van der Waals surface area contributed by atoms with Crippen molar-refractivity contribution < 1.29 is 18.4 Å². The highest BCUT2D eigenvalue weighted by Crippen LogP contribution is 2.29. The molecule has 2 rings (SSSR count). The van der Waals surface area contributed by atoms with Crippen molar-refractivity contribution in [1.29, 1.82) is 0 Å². The van der Waals surface area contributed by atoms with Crippen LogP contribution in [0.25, 0.3) is 0 Å². The molecule has 0 saturated carbocycles. The summed E-state index contributed by atoms with van der Waals surface area (Å²) in [6.07, 6.45) is 0.570. The molecule has 0 spiro atoms. The molecule has 1 atom stereocenters. The molecule has 1 unspecified atom stereocenters. The number of benzene rings is 1. The zero-order valence-corrected chi connectivity index (χ0v) is 14.0. The first kappa shape index (κ1) is 17.6. The maximum Gasteiger partial charge on any atom is 0.290 e. The molecule has 1 aromatic rings. The topological polar surface area (TPSA) is 104 Å². The lowest BCUT2D eigenvalue weighted by Gasteiger charge is -2.36. The minimum absolute atomic E-state index is 0.265. The highest BCUT2D eigenvalue weighted by molar-refractivity contribution is 7.90. The number of anilines is 1. The first-order valence-corrected chi connectivity index (χ1v) is 9.21. The molecule has 0 amide bonds. The fourth-order valence-electron chi connectivity index (χ4n) is 2.72. The average Bonchev–Trinajstić information content (AvgIpc) is 2.46. The third kappa shape index (κ3) is 4.40. The van der Waals surface area contributed by atoms with E-state index in [1.54, 1.807) is 13.0 Å². The Labute approximate surface area is 135 Å². The van der Waals surface area contributed by atoms with E-state index in [1.807, 2.05) is 4.90 Å². The summed E-state index contributed by atoms with van der Waals surface area (Å²) < 4.78 is 23.3. The second-order valence-corrected chi connectivity index (χ2v) is 7.80. The standard InChI is InChI=1S/C14H21N3O5S/c1-11(18)10-15-5-7-16(8-6-15)12-3-4-14(23(2,21)22)13(9-12)17(19)20/h3-4,9,11,18H,5-8,10H2,1-2H3. The first-order chi connectivity index (χ1) is 10.7. The summed E-state index contributed by atoms with van der Waals surface area (Å²) in [5.74, 6) is 0. The molecule has 128 valence electrons. The lowest BCUT2D eigenvalue weighted by Crippen LogP contribution is -2.48. The van der Waals surface area contributed by atoms with Gasteiger partial charge in [0.15, 0.2) is 9.84 Å². The molecule has 9 heteroatoms. The molecule has 23 heavy (non-hydrogen) atoms. The molecule has 1 aliphatic rings. The molecule has 8 nitrogen and oxygen atoms in total. The van der Waals surface area contributed by atoms with Gasteiger partial charge in [0, 0.05) is 50.7 Å². The van der Waals surface area contributed by atoms with Crippen LogP contribution in [0.15, 0.2) is 23.1 Å². The summed E-state index contributed by atoms with van der Waals surface area (Å²) in [4.78, 5) is 14.3. The second kappa shape index (κ2) is 6.81. The Morgan fingerprint density at radius 1 is 1.30 bits per heavy atom. The van der Waals surface area contributed by atoms with Crippen LogP contribution in [0.4, 0.5) is 11.4 Å². The van der Waals surface area contributed by atoms with E-state index in [0.717, 1.165) is 19.3 Å². The third-order valence-electron chi connectivity index (χ3n) is 3.80. The van der Waals surface area contributed by atoms with Crippen molar-refractivity contribution in [3.8, 4) is 0 Å². The third-order valence-corrected chi connectivity index (χ3v) is 4.94. The molecule has 0 bridgehead atoms. The quantitative estimate of drug-likeness (QED) is 0.613. The van der Waals surface area contributed by atoms with Crippen molar-refractivity contribution in [2.75, 3.05) is 43.9 Å². The van der Waals surface area contributed by atoms with Crippen LogP contribution in [0, 0.1) is 10.1 Å². The Kier molecular flexibility index (Phi) is 5.23. The maximum absolute atomic E-state index is 11.6. The molecule has 1 fully saturated rings. The number of hydrogen-bond acceptors (Lipinski definition) is 7. The molecule has 1 heterocycles. The van der Waals surface area contributed by atoms with Gasteiger partial charge in [-0.05, 0) is 19.1 Å². The predicted octanol–water partition coefficient (Wildman–Crippen LogP) is 0.501. The van der Waals surface area contributed by atoms with Crippen LogP contribution in [0.3, 0.4) is 0 Å². The molecule has 0 aliphatic carbocycles. The van der Waals surface area contributed by atoms with E-state index >= 15 is 0 Å². The van der Waals surface area contributed by atoms with Crippen molar-refractivity contribution >= 4 is 21.2 Å². The number of aliphatic hydroxyl groups is 1. The Morgan fingerprint density at radius 3 is 2.39 bits per heavy atom. The Bertz CT molecular complexity index is 682. The van der Waals surface area contributed by atoms with Crippen LogP contribution in [0.2, 0.25) is 0 Å². The molecule has 0 radical (unpaired) electrons. The summed E-state index contributed by atoms with van der Waals surface area (Å²) in [7, 11) is -3.64. The predicted molar refractivity (Wildman–Crippen MR) is 86.5 cm³/mol. The van der Waals surface area contributed by atoms with Crippen molar-refractivity contribution in [1.82, 2.24) is 4.90 Å². The van der Waals surface area contributed by atoms with Gasteiger partial charge in [-0.3, -0.25) is 15.0 Å². The summed E-state index contributed by atoms with van der Waals surface area (Å²) in [5, 5.41) is 20.6. The van der Waals surface area contributed by atoms with Crippen LogP contribution in [-0.4, -0.2) is 68.4 Å². The number of nitrogens with zero attached hydrogens (tertiary/aromatic N) is 3. The number of aliphatic hydroxyl groups excluding tert-OH is 1. The lowest BCUT2D eigenvalue weighted by molar-refractivity contribution is -0.387. The van der Waals surface area contributed by atoms with Crippen molar-refractivity contribution in [2.45, 2.75) is 17.9 Å². The monoisotopic (exact) mass is 343 g/mol. The zero-order chi connectivity index (χ0) is 17.2. The van der Waals surface area contributed by atoms with E-state index < -0.39 is 26.6 Å². The van der Waals surface area contributed by atoms with E-state index in [1.165, 1.54) is 12.1 Å². The Balaban J connectivity index is 2.19. The van der Waals surface area contributed by atoms with E-state index in [-0.39, 0.29) is 4.90 Å². The summed E-state index contributed by atoms with van der Waals surface area (Å²) in [5.41, 5.74) is 0.247. The molecular formula is C14H21N3O5S. The fraction of sp³-hybridized carbons (Fsp3) is 0.571. The Morgan fingerprint density at radius 2 is 1.91 bits per heavy atom. The largest absolute Gasteiger partial charge is 0.392 e. The summed E-state index contributed by atoms with van der Waals surface area (Å²) >= 11 is 0. The van der Waals surface area contributed by atoms with E-state index in [4.69, 9.17) is 0 Å². The van der Waals surface area contributed by atoms with E-state index in [9.17, 15) is 23.6 Å². The number of nitro benzene ring substituents is 1. The van der Waals surface area contributed by atoms with Gasteiger partial charge < -0.3 is 10.0 Å². The molecule has 1 aromatic carbocycles. The maximum atomic E-state index is 11.6. The van der Waals surface area contributed by atoms with Crippen LogP contribution in [-0.2, 0) is 9.84 Å². The minimum atomic E-state index is -3.64. The Hall–Kier alpha value is -1.71. The van der Waals surface area contributed by atoms with Gasteiger partial charge in [-0.25, -0.2) is 8.42 Å². The van der Waals surface area contributed by atoms with Crippen molar-refractivity contribution in [3.05, 3.63) is 28.3 Å². The number of sulfone groups is 1. The van der Waals surface area contributed by atoms with Gasteiger partial charge in [0.1, 0.15) is 4.90 Å². The molecule has 1 aliphatic heterocycles. The van der Waals surface area contributed by atoms with Gasteiger partial charge in [0.05, 0.1) is 11.0 Å². The molecule has 0 aromatic heterocycles. The normalized spacial score (nSPS) is 18.0. The zero-order valence-electron chi connectivity index (χ0n) is 13.2. The van der Waals surface area contributed by atoms with Crippen molar-refractivity contribution in [3.63, 3.8) is 0 Å². The second-order valence-electron chi connectivity index (χ2n) is 5.82. The SMILES string of the molecule is CC(O)CN1CCN(c2ccc(S(C)(=O)=O)c([N+](=O)[O-])c2)CC1. The smallest absolute Gasteiger partial charge is 0.290 e. The first-order valence-electron chi connectivity index (χ1n) is 7.32. The van der Waals surface area contributed by atoms with E-state index in [2.05, 4.69) is 4.90 Å². The van der Waals surface area contributed by atoms with Crippen LogP contribution < -0.4 is 4.90 Å². The number of rotatable bonds is 5. The number of hydrogen-bond donors (Lipinski definition) is 1. The molecule has 1 saturated heterocycles. The summed E-state index contributed by atoms with van der Waals surface area (Å²) in [6.45, 7) is 5.16. The summed E-state index contributed by atoms with van der Waals surface area (Å²) in [6, 6.07) is 4.22. The number of piperazine rings is 1. The number of nitro groups is 1. The fourth-order valence-corrected chi connectivity index (χ4v) is 3.55. The van der Waals surface area contributed by atoms with Crippen molar-refractivity contribution in [2.24, 2.45) is 0 Å². The van der Waals surface area contributed by atoms with Gasteiger partial charge in [-0.1, -0.05) is 0 Å². The van der Waals surface area contributed by atoms with Gasteiger partial charge in [-0.2, -0.15) is 0 Å². The molecule has 1 N–H and O–H groups in total. The van der Waals surface area contributed by atoms with E-state index in [0.29, 0.717) is 25.3 Å². The van der Waals surface area contributed by atoms with Gasteiger partial charge >= 0.3 is 0 Å². The van der Waals surface area contributed by atoms with Gasteiger partial charge in [0.25, 0.3) is 5.69 Å². The van der Waals surface area contributed by atoms with Gasteiger partial charge in [0.2, 0.25) is 0 Å². The minimum Gasteiger partial charge on any atom is -0.392 e. The lowest BCUT2D eigenvalue weighted by atomic mass is 10.2. The van der Waals surface area contributed by atoms with Crippen LogP contribution in [0.1, 0.15) is 6.92 Å². The molecular weight excluding hydrogens is 322 g/mol.